The zero-order valence-corrected chi connectivity index (χ0v) is 12.5. The van der Waals surface area contributed by atoms with Crippen LogP contribution < -0.4 is 10.5 Å². The maximum Gasteiger partial charge on any atom is 0.251 e. The number of benzene rings is 1. The van der Waals surface area contributed by atoms with Crippen molar-refractivity contribution in [3.05, 3.63) is 50.4 Å². The number of Topliss-reactive ketones (excluding diaryl/α,β-unsaturated/α-hetero) is 1. The smallest absolute Gasteiger partial charge is 0.251 e. The average Bonchev–Trinajstić information content (AvgIpc) is 2.82. The SMILES string of the molecule is NC(=O)c1ccc(OCC(=O)c2ccc(Br)s2)cc1F. The van der Waals surface area contributed by atoms with Crippen LogP contribution in [0.4, 0.5) is 4.39 Å². The Hall–Kier alpha value is -1.73. The molecule has 0 spiro atoms. The summed E-state index contributed by atoms with van der Waals surface area (Å²) in [6.45, 7) is -0.206. The molecule has 2 rings (SSSR count). The quantitative estimate of drug-likeness (QED) is 0.836. The molecular formula is C13H9BrFNO3S. The molecule has 0 radical (unpaired) electrons. The largest absolute Gasteiger partial charge is 0.485 e. The molecular weight excluding hydrogens is 349 g/mol. The van der Waals surface area contributed by atoms with E-state index in [0.29, 0.717) is 4.88 Å². The number of carbonyl (C=O) groups is 2. The lowest BCUT2D eigenvalue weighted by atomic mass is 10.2. The molecule has 7 heteroatoms. The number of ketones is 1. The van der Waals surface area contributed by atoms with Gasteiger partial charge >= 0.3 is 0 Å². The van der Waals surface area contributed by atoms with Crippen molar-refractivity contribution in [1.82, 2.24) is 0 Å². The Kier molecular flexibility index (Phi) is 4.51. The molecule has 1 aromatic heterocycles. The fourth-order valence-electron chi connectivity index (χ4n) is 1.47. The van der Waals surface area contributed by atoms with Gasteiger partial charge in [-0.1, -0.05) is 0 Å². The number of hydrogen-bond acceptors (Lipinski definition) is 4. The molecule has 1 aromatic carbocycles. The molecule has 0 atom stereocenters. The number of ether oxygens (including phenoxy) is 1. The van der Waals surface area contributed by atoms with E-state index >= 15 is 0 Å². The van der Waals surface area contributed by atoms with Crippen molar-refractivity contribution in [2.75, 3.05) is 6.61 Å². The number of amides is 1. The van der Waals surface area contributed by atoms with Crippen molar-refractivity contribution in [2.24, 2.45) is 5.73 Å². The Morgan fingerprint density at radius 1 is 1.30 bits per heavy atom. The number of carbonyl (C=O) groups excluding carboxylic acids is 2. The summed E-state index contributed by atoms with van der Waals surface area (Å²) in [6, 6.07) is 7.08. The number of rotatable bonds is 5. The third kappa shape index (κ3) is 3.43. The van der Waals surface area contributed by atoms with Crippen LogP contribution in [0.1, 0.15) is 20.0 Å². The van der Waals surface area contributed by atoms with Crippen LogP contribution in [0.2, 0.25) is 0 Å². The van der Waals surface area contributed by atoms with Crippen LogP contribution in [0.15, 0.2) is 34.1 Å². The number of hydrogen-bond donors (Lipinski definition) is 1. The van der Waals surface area contributed by atoms with Gasteiger partial charge < -0.3 is 10.5 Å². The van der Waals surface area contributed by atoms with E-state index in [1.165, 1.54) is 23.5 Å². The van der Waals surface area contributed by atoms with Crippen molar-refractivity contribution < 1.29 is 18.7 Å². The van der Waals surface area contributed by atoms with E-state index in [-0.39, 0.29) is 23.7 Å². The molecule has 2 N–H and O–H groups in total. The van der Waals surface area contributed by atoms with E-state index < -0.39 is 11.7 Å². The Morgan fingerprint density at radius 2 is 2.05 bits per heavy atom. The topological polar surface area (TPSA) is 69.4 Å². The number of nitrogens with two attached hydrogens (primary N) is 1. The molecule has 0 fully saturated rings. The Morgan fingerprint density at radius 3 is 2.60 bits per heavy atom. The summed E-state index contributed by atoms with van der Waals surface area (Å²) in [7, 11) is 0. The van der Waals surface area contributed by atoms with Crippen LogP contribution in [0.25, 0.3) is 0 Å². The van der Waals surface area contributed by atoms with Crippen LogP contribution in [0.3, 0.4) is 0 Å². The van der Waals surface area contributed by atoms with Gasteiger partial charge in [-0.05, 0) is 40.2 Å². The highest BCUT2D eigenvalue weighted by Crippen LogP contribution is 2.23. The van der Waals surface area contributed by atoms with Crippen LogP contribution in [-0.2, 0) is 0 Å². The summed E-state index contributed by atoms with van der Waals surface area (Å²) < 4.78 is 19.5. The van der Waals surface area contributed by atoms with Gasteiger partial charge in [0.05, 0.1) is 14.2 Å². The highest BCUT2D eigenvalue weighted by atomic mass is 79.9. The first-order valence-electron chi connectivity index (χ1n) is 5.48. The average molecular weight is 358 g/mol. The van der Waals surface area contributed by atoms with Gasteiger partial charge in [0.25, 0.3) is 5.91 Å². The molecule has 1 amide bonds. The molecule has 20 heavy (non-hydrogen) atoms. The summed E-state index contributed by atoms with van der Waals surface area (Å²) >= 11 is 4.55. The molecule has 4 nitrogen and oxygen atoms in total. The van der Waals surface area contributed by atoms with E-state index in [2.05, 4.69) is 15.9 Å². The van der Waals surface area contributed by atoms with E-state index in [1.807, 2.05) is 0 Å². The summed E-state index contributed by atoms with van der Waals surface area (Å²) in [5.74, 6) is -1.67. The van der Waals surface area contributed by atoms with E-state index in [9.17, 15) is 14.0 Å². The minimum absolute atomic E-state index is 0.163. The van der Waals surface area contributed by atoms with Gasteiger partial charge in [0.15, 0.2) is 6.61 Å². The van der Waals surface area contributed by atoms with Crippen molar-refractivity contribution in [2.45, 2.75) is 0 Å². The molecule has 0 bridgehead atoms. The summed E-state index contributed by atoms with van der Waals surface area (Å²) in [5, 5.41) is 0. The molecule has 104 valence electrons. The molecule has 0 saturated carbocycles. The highest BCUT2D eigenvalue weighted by Gasteiger charge is 2.12. The van der Waals surface area contributed by atoms with Gasteiger partial charge in [-0.2, -0.15) is 0 Å². The first kappa shape index (κ1) is 14.7. The molecule has 0 unspecified atom stereocenters. The van der Waals surface area contributed by atoms with Gasteiger partial charge in [0, 0.05) is 6.07 Å². The van der Waals surface area contributed by atoms with Gasteiger partial charge in [-0.15, -0.1) is 11.3 Å². The standard InChI is InChI=1S/C13H9BrFNO3S/c14-12-4-3-11(20-12)10(17)6-19-7-1-2-8(13(16)18)9(15)5-7/h1-5H,6H2,(H2,16,18). The lowest BCUT2D eigenvalue weighted by Gasteiger charge is -2.06. The molecule has 0 aliphatic heterocycles. The van der Waals surface area contributed by atoms with Crippen LogP contribution >= 0.6 is 27.3 Å². The minimum atomic E-state index is -0.853. The monoisotopic (exact) mass is 357 g/mol. The van der Waals surface area contributed by atoms with E-state index in [4.69, 9.17) is 10.5 Å². The van der Waals surface area contributed by atoms with Gasteiger partial charge in [0.1, 0.15) is 11.6 Å². The van der Waals surface area contributed by atoms with Crippen molar-refractivity contribution in [1.29, 1.82) is 0 Å². The zero-order valence-electron chi connectivity index (χ0n) is 10.1. The lowest BCUT2D eigenvalue weighted by molar-refractivity contribution is 0.0923. The molecule has 0 aliphatic rings. The third-order valence-corrected chi connectivity index (χ3v) is 4.09. The summed E-state index contributed by atoms with van der Waals surface area (Å²) in [4.78, 5) is 23.2. The second kappa shape index (κ2) is 6.15. The normalized spacial score (nSPS) is 10.3. The van der Waals surface area contributed by atoms with Gasteiger partial charge in [-0.3, -0.25) is 9.59 Å². The molecule has 0 aliphatic carbocycles. The van der Waals surface area contributed by atoms with Crippen LogP contribution in [0.5, 0.6) is 5.75 Å². The fraction of sp³-hybridized carbons (Fsp3) is 0.0769. The maximum absolute atomic E-state index is 13.5. The molecule has 0 saturated heterocycles. The zero-order chi connectivity index (χ0) is 14.7. The first-order valence-corrected chi connectivity index (χ1v) is 7.09. The molecule has 1 heterocycles. The Balaban J connectivity index is 2.02. The molecule has 2 aromatic rings. The Labute approximate surface area is 126 Å². The lowest BCUT2D eigenvalue weighted by Crippen LogP contribution is -2.14. The first-order chi connectivity index (χ1) is 9.47. The van der Waals surface area contributed by atoms with E-state index in [1.54, 1.807) is 12.1 Å². The Bertz CT molecular complexity index is 671. The van der Waals surface area contributed by atoms with Crippen molar-refractivity contribution in [3.63, 3.8) is 0 Å². The second-order valence-corrected chi connectivity index (χ2v) is 6.28. The second-order valence-electron chi connectivity index (χ2n) is 3.82. The van der Waals surface area contributed by atoms with Gasteiger partial charge in [-0.25, -0.2) is 4.39 Å². The van der Waals surface area contributed by atoms with E-state index in [0.717, 1.165) is 9.85 Å². The minimum Gasteiger partial charge on any atom is -0.485 e. The third-order valence-electron chi connectivity index (χ3n) is 2.42. The fourth-order valence-corrected chi connectivity index (χ4v) is 2.78. The van der Waals surface area contributed by atoms with Crippen LogP contribution in [-0.4, -0.2) is 18.3 Å². The van der Waals surface area contributed by atoms with Crippen molar-refractivity contribution >= 4 is 39.0 Å². The summed E-state index contributed by atoms with van der Waals surface area (Å²) in [5.41, 5.74) is 4.77. The maximum atomic E-state index is 13.5. The summed E-state index contributed by atoms with van der Waals surface area (Å²) in [6.07, 6.45) is 0. The number of thiophene rings is 1. The van der Waals surface area contributed by atoms with Crippen molar-refractivity contribution in [3.8, 4) is 5.75 Å². The van der Waals surface area contributed by atoms with Gasteiger partial charge in [0.2, 0.25) is 5.78 Å². The number of primary amides is 1. The highest BCUT2D eigenvalue weighted by molar-refractivity contribution is 9.11. The number of halogens is 2. The predicted molar refractivity (Wildman–Crippen MR) is 76.8 cm³/mol. The van der Waals surface area contributed by atoms with Crippen LogP contribution in [0, 0.1) is 5.82 Å². The predicted octanol–water partition coefficient (Wildman–Crippen LogP) is 3.01.